The Morgan fingerprint density at radius 3 is 2.62 bits per heavy atom. The zero-order valence-corrected chi connectivity index (χ0v) is 13.3. The van der Waals surface area contributed by atoms with Crippen LogP contribution in [0.4, 0.5) is 4.39 Å². The summed E-state index contributed by atoms with van der Waals surface area (Å²) in [5, 5.41) is -0.129. The van der Waals surface area contributed by atoms with Gasteiger partial charge in [0.25, 0.3) is 0 Å². The summed E-state index contributed by atoms with van der Waals surface area (Å²) in [6, 6.07) is 2.12. The first-order valence-electron chi connectivity index (χ1n) is 6.72. The fourth-order valence-electron chi connectivity index (χ4n) is 2.34. The molecule has 0 unspecified atom stereocenters. The smallest absolute Gasteiger partial charge is 0.240 e. The molecule has 8 heteroatoms. The van der Waals surface area contributed by atoms with Gasteiger partial charge < -0.3 is 10.6 Å². The van der Waals surface area contributed by atoms with Crippen LogP contribution in [0.5, 0.6) is 0 Å². The Kier molecular flexibility index (Phi) is 5.21. The van der Waals surface area contributed by atoms with Gasteiger partial charge in [-0.25, -0.2) is 17.5 Å². The summed E-state index contributed by atoms with van der Waals surface area (Å²) in [5.41, 5.74) is 5.74. The molecule has 0 aromatic heterocycles. The topological polar surface area (TPSA) is 75.4 Å². The molecule has 21 heavy (non-hydrogen) atoms. The molecule has 0 amide bonds. The number of halogens is 2. The summed E-state index contributed by atoms with van der Waals surface area (Å²) in [7, 11) is -1.78. The van der Waals surface area contributed by atoms with E-state index in [0.29, 0.717) is 0 Å². The van der Waals surface area contributed by atoms with Crippen molar-refractivity contribution in [1.29, 1.82) is 0 Å². The van der Waals surface area contributed by atoms with Crippen LogP contribution in [-0.4, -0.2) is 39.5 Å². The molecule has 0 atom stereocenters. The van der Waals surface area contributed by atoms with Gasteiger partial charge in [-0.05, 0) is 50.7 Å². The third-order valence-corrected chi connectivity index (χ3v) is 5.57. The van der Waals surface area contributed by atoms with E-state index in [-0.39, 0.29) is 28.1 Å². The van der Waals surface area contributed by atoms with Crippen molar-refractivity contribution in [3.8, 4) is 0 Å². The standard InChI is InChI=1S/C13H19ClFN3O2S/c1-18-4-2-10(3-5-18)17-21(19,20)11-6-9(8-16)13(14)12(15)7-11/h6-7,10,17H,2-5,8,16H2,1H3. The lowest BCUT2D eigenvalue weighted by Crippen LogP contribution is -2.43. The Bertz CT molecular complexity index is 616. The van der Waals surface area contributed by atoms with Crippen LogP contribution in [0.15, 0.2) is 17.0 Å². The van der Waals surface area contributed by atoms with Crippen molar-refractivity contribution in [2.24, 2.45) is 5.73 Å². The Hall–Kier alpha value is -0.730. The fourth-order valence-corrected chi connectivity index (χ4v) is 3.89. The van der Waals surface area contributed by atoms with Crippen LogP contribution in [0, 0.1) is 5.82 Å². The van der Waals surface area contributed by atoms with Gasteiger partial charge >= 0.3 is 0 Å². The average molecular weight is 336 g/mol. The Balaban J connectivity index is 2.21. The molecule has 0 bridgehead atoms. The highest BCUT2D eigenvalue weighted by Crippen LogP contribution is 2.24. The first-order chi connectivity index (χ1) is 9.83. The average Bonchev–Trinajstić information content (AvgIpc) is 2.44. The van der Waals surface area contributed by atoms with Gasteiger partial charge in [-0.3, -0.25) is 0 Å². The first kappa shape index (κ1) is 16.6. The number of hydrogen-bond acceptors (Lipinski definition) is 4. The molecule has 0 spiro atoms. The van der Waals surface area contributed by atoms with Crippen LogP contribution in [0.25, 0.3) is 0 Å². The second-order valence-electron chi connectivity index (χ2n) is 5.28. The van der Waals surface area contributed by atoms with Gasteiger partial charge in [0, 0.05) is 12.6 Å². The van der Waals surface area contributed by atoms with E-state index in [9.17, 15) is 12.8 Å². The lowest BCUT2D eigenvalue weighted by Gasteiger charge is -2.29. The second kappa shape index (κ2) is 6.58. The summed E-state index contributed by atoms with van der Waals surface area (Å²) in [6.45, 7) is 1.64. The molecule has 5 nitrogen and oxygen atoms in total. The number of hydrogen-bond donors (Lipinski definition) is 2. The molecule has 0 aliphatic carbocycles. The Labute approximate surface area is 129 Å². The normalized spacial score (nSPS) is 18.1. The number of rotatable bonds is 4. The van der Waals surface area contributed by atoms with E-state index in [4.69, 9.17) is 17.3 Å². The van der Waals surface area contributed by atoms with Gasteiger partial charge in [-0.2, -0.15) is 0 Å². The van der Waals surface area contributed by atoms with E-state index in [1.807, 2.05) is 7.05 Å². The lowest BCUT2D eigenvalue weighted by atomic mass is 10.1. The SMILES string of the molecule is CN1CCC(NS(=O)(=O)c2cc(F)c(Cl)c(CN)c2)CC1. The molecule has 1 saturated heterocycles. The zero-order chi connectivity index (χ0) is 15.6. The van der Waals surface area contributed by atoms with Crippen LogP contribution in [0.1, 0.15) is 18.4 Å². The number of nitrogens with zero attached hydrogens (tertiary/aromatic N) is 1. The van der Waals surface area contributed by atoms with Crippen molar-refractivity contribution < 1.29 is 12.8 Å². The Morgan fingerprint density at radius 1 is 1.43 bits per heavy atom. The summed E-state index contributed by atoms with van der Waals surface area (Å²) < 4.78 is 41.0. The molecule has 3 N–H and O–H groups in total. The van der Waals surface area contributed by atoms with Crippen molar-refractivity contribution in [1.82, 2.24) is 9.62 Å². The van der Waals surface area contributed by atoms with Crippen LogP contribution in [-0.2, 0) is 16.6 Å². The van der Waals surface area contributed by atoms with E-state index < -0.39 is 15.8 Å². The maximum atomic E-state index is 13.7. The third-order valence-electron chi connectivity index (χ3n) is 3.65. The van der Waals surface area contributed by atoms with Gasteiger partial charge in [0.05, 0.1) is 9.92 Å². The highest BCUT2D eigenvalue weighted by Gasteiger charge is 2.24. The molecule has 0 saturated carbocycles. The number of nitrogens with one attached hydrogen (secondary N) is 1. The summed E-state index contributed by atoms with van der Waals surface area (Å²) in [6.07, 6.45) is 1.46. The van der Waals surface area contributed by atoms with E-state index in [1.54, 1.807) is 0 Å². The van der Waals surface area contributed by atoms with Crippen molar-refractivity contribution in [3.63, 3.8) is 0 Å². The molecule has 1 heterocycles. The molecule has 1 aliphatic heterocycles. The van der Waals surface area contributed by atoms with Crippen molar-refractivity contribution in [2.75, 3.05) is 20.1 Å². The zero-order valence-electron chi connectivity index (χ0n) is 11.8. The maximum Gasteiger partial charge on any atom is 0.240 e. The van der Waals surface area contributed by atoms with Crippen LogP contribution >= 0.6 is 11.6 Å². The van der Waals surface area contributed by atoms with Gasteiger partial charge in [-0.1, -0.05) is 11.6 Å². The predicted octanol–water partition coefficient (Wildman–Crippen LogP) is 1.31. The van der Waals surface area contributed by atoms with Gasteiger partial charge in [0.1, 0.15) is 5.82 Å². The molecular formula is C13H19ClFN3O2S. The number of likely N-dealkylation sites (tertiary alicyclic amines) is 1. The quantitative estimate of drug-likeness (QED) is 0.870. The maximum absolute atomic E-state index is 13.7. The van der Waals surface area contributed by atoms with E-state index >= 15 is 0 Å². The van der Waals surface area contributed by atoms with Crippen molar-refractivity contribution >= 4 is 21.6 Å². The van der Waals surface area contributed by atoms with Crippen LogP contribution in [0.2, 0.25) is 5.02 Å². The van der Waals surface area contributed by atoms with E-state index in [0.717, 1.165) is 32.0 Å². The van der Waals surface area contributed by atoms with E-state index in [1.165, 1.54) is 6.07 Å². The van der Waals surface area contributed by atoms with Gasteiger partial charge in [0.2, 0.25) is 10.0 Å². The van der Waals surface area contributed by atoms with Crippen molar-refractivity contribution in [3.05, 3.63) is 28.5 Å². The molecule has 1 aliphatic rings. The number of nitrogens with two attached hydrogens (primary N) is 1. The lowest BCUT2D eigenvalue weighted by molar-refractivity contribution is 0.248. The van der Waals surface area contributed by atoms with Gasteiger partial charge in [-0.15, -0.1) is 0 Å². The molecular weight excluding hydrogens is 317 g/mol. The van der Waals surface area contributed by atoms with Crippen molar-refractivity contribution in [2.45, 2.75) is 30.3 Å². The largest absolute Gasteiger partial charge is 0.326 e. The highest BCUT2D eigenvalue weighted by atomic mass is 35.5. The molecule has 1 aromatic rings. The summed E-state index contributed by atoms with van der Waals surface area (Å²) in [5.74, 6) is -0.775. The molecule has 1 aromatic carbocycles. The van der Waals surface area contributed by atoms with E-state index in [2.05, 4.69) is 9.62 Å². The van der Waals surface area contributed by atoms with Crippen LogP contribution < -0.4 is 10.5 Å². The summed E-state index contributed by atoms with van der Waals surface area (Å²) >= 11 is 5.75. The van der Waals surface area contributed by atoms with Crippen LogP contribution in [0.3, 0.4) is 0 Å². The third kappa shape index (κ3) is 3.92. The van der Waals surface area contributed by atoms with Gasteiger partial charge in [0.15, 0.2) is 0 Å². The number of piperidine rings is 1. The monoisotopic (exact) mass is 335 g/mol. The minimum Gasteiger partial charge on any atom is -0.326 e. The minimum atomic E-state index is -3.77. The summed E-state index contributed by atoms with van der Waals surface area (Å²) in [4.78, 5) is 2.00. The fraction of sp³-hybridized carbons (Fsp3) is 0.538. The predicted molar refractivity (Wildman–Crippen MR) is 80.1 cm³/mol. The number of sulfonamides is 1. The second-order valence-corrected chi connectivity index (χ2v) is 7.37. The Morgan fingerprint density at radius 2 is 2.05 bits per heavy atom. The molecule has 0 radical (unpaired) electrons. The molecule has 2 rings (SSSR count). The first-order valence-corrected chi connectivity index (χ1v) is 8.58. The minimum absolute atomic E-state index is 0.0205. The highest BCUT2D eigenvalue weighted by molar-refractivity contribution is 7.89. The molecule has 1 fully saturated rings. The molecule has 118 valence electrons. The number of benzene rings is 1.